The Morgan fingerprint density at radius 3 is 1.73 bits per heavy atom. The molecule has 2 fully saturated rings. The summed E-state index contributed by atoms with van der Waals surface area (Å²) in [6.07, 6.45) is 7.17. The number of pyridine rings is 2. The number of hydrogen-bond acceptors (Lipinski definition) is 9. The summed E-state index contributed by atoms with van der Waals surface area (Å²) in [5.74, 6) is -1.25. The summed E-state index contributed by atoms with van der Waals surface area (Å²) in [6.45, 7) is 3.98. The molecule has 3 aromatic carbocycles. The van der Waals surface area contributed by atoms with E-state index in [1.54, 1.807) is 42.5 Å². The molecule has 4 N–H and O–H groups in total. The van der Waals surface area contributed by atoms with Crippen LogP contribution in [0.4, 0.5) is 8.78 Å². The van der Waals surface area contributed by atoms with Crippen molar-refractivity contribution in [2.75, 3.05) is 0 Å². The van der Waals surface area contributed by atoms with Gasteiger partial charge in [-0.2, -0.15) is 0 Å². The van der Waals surface area contributed by atoms with Crippen LogP contribution in [0.5, 0.6) is 0 Å². The number of aryl methyl sites for hydroxylation is 1. The minimum Gasteiger partial charge on any atom is -0.550 e. The van der Waals surface area contributed by atoms with E-state index in [9.17, 15) is 43.9 Å². The van der Waals surface area contributed by atoms with Crippen molar-refractivity contribution in [2.45, 2.75) is 101 Å². The first kappa shape index (κ1) is 46.9. The molecular formula is C48H49CaF2N2O7+. The number of benzene rings is 3. The summed E-state index contributed by atoms with van der Waals surface area (Å²) >= 11 is 0. The summed E-state index contributed by atoms with van der Waals surface area (Å²) in [5, 5.41) is 51.6. The maximum atomic E-state index is 13.6. The summed E-state index contributed by atoms with van der Waals surface area (Å²) in [7, 11) is 0. The van der Waals surface area contributed by atoms with Crippen LogP contribution in [-0.2, 0) is 9.59 Å². The normalized spacial score (nSPS) is 15.9. The van der Waals surface area contributed by atoms with Gasteiger partial charge in [-0.05, 0) is 92.1 Å². The maximum absolute atomic E-state index is 13.6. The van der Waals surface area contributed by atoms with Gasteiger partial charge >= 0.3 is 37.7 Å². The number of nitrogens with zero attached hydrogens (tertiary/aromatic N) is 2. The Hall–Kier alpha value is -4.20. The smallest absolute Gasteiger partial charge is 0.550 e. The molecule has 12 heteroatoms. The van der Waals surface area contributed by atoms with Gasteiger partial charge in [-0.15, -0.1) is 0 Å². The van der Waals surface area contributed by atoms with Crippen molar-refractivity contribution in [3.05, 3.63) is 130 Å². The van der Waals surface area contributed by atoms with E-state index in [0.29, 0.717) is 18.1 Å². The van der Waals surface area contributed by atoms with E-state index in [1.165, 1.54) is 24.3 Å². The Morgan fingerprint density at radius 2 is 1.22 bits per heavy atom. The van der Waals surface area contributed by atoms with Gasteiger partial charge in [0.05, 0.1) is 41.3 Å². The predicted octanol–water partition coefficient (Wildman–Crippen LogP) is 6.90. The summed E-state index contributed by atoms with van der Waals surface area (Å²) in [6, 6.07) is 20.5. The number of halogens is 2. The Morgan fingerprint density at radius 1 is 0.733 bits per heavy atom. The molecule has 2 heterocycles. The zero-order valence-electron chi connectivity index (χ0n) is 33.8. The van der Waals surface area contributed by atoms with Gasteiger partial charge in [-0.25, -0.2) is 8.78 Å². The number of aliphatic hydroxyl groups is 4. The molecule has 0 unspecified atom stereocenters. The van der Waals surface area contributed by atoms with Gasteiger partial charge in [-0.1, -0.05) is 66.8 Å². The Kier molecular flexibility index (Phi) is 16.8. The minimum atomic E-state index is -1.36. The van der Waals surface area contributed by atoms with E-state index < -0.39 is 36.8 Å². The van der Waals surface area contributed by atoms with Gasteiger partial charge in [0.1, 0.15) is 17.9 Å². The van der Waals surface area contributed by atoms with Crippen LogP contribution in [0.1, 0.15) is 97.0 Å². The average Bonchev–Trinajstić information content (AvgIpc) is 4.13. The van der Waals surface area contributed by atoms with Crippen molar-refractivity contribution >= 4 is 73.0 Å². The second-order valence-corrected chi connectivity index (χ2v) is 15.5. The molecule has 308 valence electrons. The molecule has 0 aliphatic heterocycles. The van der Waals surface area contributed by atoms with E-state index >= 15 is 0 Å². The first-order chi connectivity index (χ1) is 28.3. The van der Waals surface area contributed by atoms with Crippen molar-refractivity contribution in [1.29, 1.82) is 0 Å². The van der Waals surface area contributed by atoms with Crippen LogP contribution >= 0.6 is 0 Å². The Balaban J connectivity index is 0.000000225. The van der Waals surface area contributed by atoms with Crippen LogP contribution in [0.25, 0.3) is 45.3 Å². The zero-order chi connectivity index (χ0) is 42.2. The van der Waals surface area contributed by atoms with Gasteiger partial charge < -0.3 is 35.1 Å². The largest absolute Gasteiger partial charge is 2.00 e. The van der Waals surface area contributed by atoms with Crippen LogP contribution in [0.2, 0.25) is 0 Å². The molecule has 9 nitrogen and oxygen atoms in total. The fraction of sp³-hybridized carbons (Fsp3) is 0.333. The Bertz CT molecular complexity index is 2330. The molecular weight excluding hydrogens is 795 g/mol. The molecule has 60 heavy (non-hydrogen) atoms. The molecule has 2 aliphatic carbocycles. The van der Waals surface area contributed by atoms with E-state index in [0.717, 1.165) is 92.6 Å². The number of carboxylic acid groups (broad SMARTS) is 1. The number of carboxylic acids is 1. The quantitative estimate of drug-likeness (QED) is 0.0612. The fourth-order valence-corrected chi connectivity index (χ4v) is 7.28. The van der Waals surface area contributed by atoms with E-state index in [4.69, 9.17) is 9.97 Å². The molecule has 2 aromatic heterocycles. The Labute approximate surface area is 378 Å². The molecule has 2 aliphatic rings. The third kappa shape index (κ3) is 12.4. The van der Waals surface area contributed by atoms with Gasteiger partial charge in [0.25, 0.3) is 0 Å². The minimum absolute atomic E-state index is 0. The van der Waals surface area contributed by atoms with Crippen molar-refractivity contribution in [3.8, 4) is 22.3 Å². The van der Waals surface area contributed by atoms with Crippen LogP contribution < -0.4 is 5.11 Å². The fourth-order valence-electron chi connectivity index (χ4n) is 7.28. The number of fused-ring (bicyclic) bond motifs is 1. The second kappa shape index (κ2) is 21.5. The number of para-hydroxylation sites is 1. The molecule has 0 radical (unpaired) electrons. The number of aromatic nitrogens is 2. The molecule has 0 saturated heterocycles. The number of carbonyl (C=O) groups excluding carboxylic acids is 2. The monoisotopic (exact) mass is 843 g/mol. The zero-order valence-corrected chi connectivity index (χ0v) is 36.0. The van der Waals surface area contributed by atoms with Gasteiger partial charge in [0.15, 0.2) is 0 Å². The molecule has 5 aromatic rings. The average molecular weight is 844 g/mol. The number of hydrogen-bond donors (Lipinski definition) is 4. The molecule has 0 amide bonds. The second-order valence-electron chi connectivity index (χ2n) is 15.5. The number of aliphatic hydroxyl groups excluding tert-OH is 4. The molecule has 2 saturated carbocycles. The van der Waals surface area contributed by atoms with Crippen LogP contribution in [0.15, 0.2) is 84.9 Å². The van der Waals surface area contributed by atoms with Crippen LogP contribution in [-0.4, -0.2) is 105 Å². The summed E-state index contributed by atoms with van der Waals surface area (Å²) in [4.78, 5) is 30.8. The number of rotatable bonds is 16. The third-order valence-electron chi connectivity index (χ3n) is 10.7. The standard InChI is InChI=1S/C25H24FNO4.C23H26FNO3.Ca/c26-17-9-7-15(8-10-17)24-20-3-1-2-4-22(20)27-25(16-5-6-16)21(24)12-11-18(28)13-19(29)14-23(30)31;1-14-15(2)25-23(17-3-4-17)21(10-9-19(27)13-20(28)11-12-26)22(14)16-5-7-18(24)8-6-16;/h1-4,7-12,16,18-19,28-29H,5-6,13-14H2,(H,30,31);5-10,12,17,19-20,27-28H,3-4,11,13H2,1-2H3;/q;;+2/p-1/b12-11+;10-9+;/t18-,19-;19-,20+;/m11./s1. The summed E-state index contributed by atoms with van der Waals surface area (Å²) in [5.41, 5.74) is 10.2. The number of aldehydes is 1. The SMILES string of the molecule is Cc1nc(C2CC2)c(/C=C/[C@@H](O)C[C@@H](O)CC=O)c(-c2ccc(F)cc2)c1C.O=C([O-])C[C@H](O)C[C@H](O)/C=C/c1c(C2CC2)nc2ccccc2c1-c1ccc(F)cc1.[Ca+2]. The number of carbonyl (C=O) groups is 2. The van der Waals surface area contributed by atoms with Crippen molar-refractivity contribution < 1.29 is 43.9 Å². The van der Waals surface area contributed by atoms with E-state index in [1.807, 2.05) is 44.2 Å². The van der Waals surface area contributed by atoms with E-state index in [2.05, 4.69) is 0 Å². The third-order valence-corrected chi connectivity index (χ3v) is 10.7. The van der Waals surface area contributed by atoms with Gasteiger partial charge in [-0.3, -0.25) is 9.97 Å². The maximum Gasteiger partial charge on any atom is 2.00 e. The van der Waals surface area contributed by atoms with Crippen molar-refractivity contribution in [1.82, 2.24) is 9.97 Å². The molecule has 7 rings (SSSR count). The summed E-state index contributed by atoms with van der Waals surface area (Å²) < 4.78 is 27.0. The van der Waals surface area contributed by atoms with Gasteiger partial charge in [0.2, 0.25) is 0 Å². The van der Waals surface area contributed by atoms with E-state index in [-0.39, 0.29) is 68.6 Å². The first-order valence-electron chi connectivity index (χ1n) is 20.0. The molecule has 0 bridgehead atoms. The van der Waals surface area contributed by atoms with Crippen molar-refractivity contribution in [2.24, 2.45) is 0 Å². The molecule has 0 spiro atoms. The van der Waals surface area contributed by atoms with Crippen LogP contribution in [0, 0.1) is 25.5 Å². The van der Waals surface area contributed by atoms with Gasteiger partial charge in [0, 0.05) is 71.3 Å². The van der Waals surface area contributed by atoms with Crippen molar-refractivity contribution in [3.63, 3.8) is 0 Å². The topological polar surface area (TPSA) is 164 Å². The number of aliphatic carboxylic acids is 1. The molecule has 4 atom stereocenters. The predicted molar refractivity (Wildman–Crippen MR) is 228 cm³/mol. The first-order valence-corrected chi connectivity index (χ1v) is 20.0. The van der Waals surface area contributed by atoms with Crippen LogP contribution in [0.3, 0.4) is 0 Å².